The number of nitrogens with one attached hydrogen (secondary N) is 1. The number of nitrogens with zero attached hydrogens (tertiary/aromatic N) is 4. The van der Waals surface area contributed by atoms with Crippen molar-refractivity contribution >= 4 is 23.3 Å². The lowest BCUT2D eigenvalue weighted by Gasteiger charge is -2.24. The van der Waals surface area contributed by atoms with Gasteiger partial charge in [-0.15, -0.1) is 0 Å². The highest BCUT2D eigenvalue weighted by atomic mass is 19.1. The first kappa shape index (κ1) is 22.2. The first-order valence-electron chi connectivity index (χ1n) is 10.9. The fraction of sp³-hybridized carbons (Fsp3) is 0.435. The van der Waals surface area contributed by atoms with Crippen LogP contribution in [0.3, 0.4) is 0 Å². The van der Waals surface area contributed by atoms with Crippen LogP contribution in [0.5, 0.6) is 0 Å². The molecule has 1 aromatic heterocycles. The number of carbonyl (C=O) groups excluding carboxylic acids is 2. The number of hydrazine groups is 1. The smallest absolute Gasteiger partial charge is 0.414 e. The molecule has 2 fully saturated rings. The van der Waals surface area contributed by atoms with Gasteiger partial charge >= 0.3 is 6.09 Å². The molecule has 0 spiro atoms. The average Bonchev–Trinajstić information content (AvgIpc) is 3.00. The van der Waals surface area contributed by atoms with Gasteiger partial charge in [-0.05, 0) is 43.7 Å². The molecule has 1 amide bonds. The molecular formula is C23H28FN5O3. The predicted octanol–water partition coefficient (Wildman–Crippen LogP) is 2.74. The van der Waals surface area contributed by atoms with E-state index in [-0.39, 0.29) is 17.7 Å². The minimum absolute atomic E-state index is 0.0560. The molecule has 3 heterocycles. The zero-order valence-electron chi connectivity index (χ0n) is 18.2. The number of aromatic nitrogens is 1. The Labute approximate surface area is 186 Å². The van der Waals surface area contributed by atoms with Crippen molar-refractivity contribution in [3.8, 4) is 0 Å². The molecule has 9 heteroatoms. The lowest BCUT2D eigenvalue weighted by molar-refractivity contribution is -0.117. The van der Waals surface area contributed by atoms with E-state index >= 15 is 4.39 Å². The third kappa shape index (κ3) is 5.41. The summed E-state index contributed by atoms with van der Waals surface area (Å²) in [6.07, 6.45) is 1.76. The summed E-state index contributed by atoms with van der Waals surface area (Å²) in [6.45, 7) is 5.24. The van der Waals surface area contributed by atoms with Gasteiger partial charge in [-0.25, -0.2) is 14.2 Å². The van der Waals surface area contributed by atoms with Crippen molar-refractivity contribution in [2.75, 3.05) is 42.5 Å². The van der Waals surface area contributed by atoms with Crippen molar-refractivity contribution < 1.29 is 18.7 Å². The number of ketones is 1. The van der Waals surface area contributed by atoms with E-state index in [1.54, 1.807) is 18.3 Å². The number of hydrogen-bond acceptors (Lipinski definition) is 7. The molecule has 0 bridgehead atoms. The molecule has 0 unspecified atom stereocenters. The van der Waals surface area contributed by atoms with E-state index in [4.69, 9.17) is 4.74 Å². The van der Waals surface area contributed by atoms with Gasteiger partial charge in [0.25, 0.3) is 0 Å². The van der Waals surface area contributed by atoms with Crippen molar-refractivity contribution in [1.82, 2.24) is 15.4 Å². The Balaban J connectivity index is 1.38. The molecule has 2 aromatic rings. The predicted molar refractivity (Wildman–Crippen MR) is 119 cm³/mol. The minimum Gasteiger partial charge on any atom is -0.444 e. The molecular weight excluding hydrogens is 413 g/mol. The second kappa shape index (κ2) is 10.1. The summed E-state index contributed by atoms with van der Waals surface area (Å²) in [6, 6.07) is 10.7. The zero-order valence-corrected chi connectivity index (χ0v) is 18.2. The topological polar surface area (TPSA) is 78.0 Å². The highest BCUT2D eigenvalue weighted by Gasteiger charge is 2.32. The number of benzene rings is 1. The number of Topliss-reactive ketones (excluding diaryl/α,β-unsaturated/α-hetero) is 1. The summed E-state index contributed by atoms with van der Waals surface area (Å²) in [5, 5.41) is 2.09. The summed E-state index contributed by atoms with van der Waals surface area (Å²) >= 11 is 0. The number of rotatable bonds is 7. The van der Waals surface area contributed by atoms with Crippen LogP contribution in [0.15, 0.2) is 42.6 Å². The lowest BCUT2D eigenvalue weighted by Crippen LogP contribution is -2.38. The number of amides is 1. The Morgan fingerprint density at radius 3 is 2.88 bits per heavy atom. The van der Waals surface area contributed by atoms with Gasteiger partial charge in [-0.3, -0.25) is 15.3 Å². The maximum absolute atomic E-state index is 15.0. The highest BCUT2D eigenvalue weighted by molar-refractivity contribution is 5.90. The Morgan fingerprint density at radius 1 is 1.25 bits per heavy atom. The van der Waals surface area contributed by atoms with Gasteiger partial charge in [-0.1, -0.05) is 6.07 Å². The van der Waals surface area contributed by atoms with Crippen molar-refractivity contribution in [2.24, 2.45) is 0 Å². The van der Waals surface area contributed by atoms with Crippen LogP contribution in [0.4, 0.5) is 20.6 Å². The van der Waals surface area contributed by atoms with E-state index in [1.807, 2.05) is 23.1 Å². The Kier molecular flexibility index (Phi) is 6.96. The molecule has 170 valence electrons. The molecule has 2 saturated heterocycles. The SMILES string of the molecule is CC(=O)CC[C@H]1CN(c2ccc(N3CCNN(Cc4ccccn4)CC3)c(F)c2)C(=O)O1. The summed E-state index contributed by atoms with van der Waals surface area (Å²) in [7, 11) is 0. The van der Waals surface area contributed by atoms with Gasteiger partial charge in [0.2, 0.25) is 0 Å². The standard InChI is InChI=1S/C23H28FN5O3/c1-17(30)5-7-20-16-29(23(31)32-20)19-6-8-22(21(24)14-19)27-11-10-26-28(13-12-27)15-18-4-2-3-9-25-18/h2-4,6,8-9,14,20,26H,5,7,10-13,15-16H2,1H3/t20-/m0/s1. The van der Waals surface area contributed by atoms with Gasteiger partial charge in [-0.2, -0.15) is 0 Å². The second-order valence-electron chi connectivity index (χ2n) is 8.13. The number of ether oxygens (including phenoxy) is 1. The molecule has 0 aliphatic carbocycles. The van der Waals surface area contributed by atoms with E-state index in [0.717, 1.165) is 5.69 Å². The summed E-state index contributed by atoms with van der Waals surface area (Å²) < 4.78 is 20.4. The largest absolute Gasteiger partial charge is 0.444 e. The maximum atomic E-state index is 15.0. The van der Waals surface area contributed by atoms with Crippen LogP contribution in [0, 0.1) is 5.82 Å². The molecule has 0 radical (unpaired) electrons. The third-order valence-corrected chi connectivity index (χ3v) is 5.71. The number of pyridine rings is 1. The highest BCUT2D eigenvalue weighted by Crippen LogP contribution is 2.29. The Bertz CT molecular complexity index is 958. The summed E-state index contributed by atoms with van der Waals surface area (Å²) in [5.74, 6) is -0.318. The monoisotopic (exact) mass is 441 g/mol. The van der Waals surface area contributed by atoms with Crippen molar-refractivity contribution in [3.05, 3.63) is 54.1 Å². The van der Waals surface area contributed by atoms with Crippen molar-refractivity contribution in [2.45, 2.75) is 32.4 Å². The number of carbonyl (C=O) groups is 2. The molecule has 32 heavy (non-hydrogen) atoms. The summed E-state index contributed by atoms with van der Waals surface area (Å²) in [4.78, 5) is 31.2. The minimum atomic E-state index is -0.505. The zero-order chi connectivity index (χ0) is 22.5. The molecule has 2 aliphatic heterocycles. The van der Waals surface area contributed by atoms with Crippen molar-refractivity contribution in [1.29, 1.82) is 0 Å². The van der Waals surface area contributed by atoms with Gasteiger partial charge < -0.3 is 14.4 Å². The Hall–Kier alpha value is -3.04. The van der Waals surface area contributed by atoms with Crippen LogP contribution < -0.4 is 15.2 Å². The number of hydrogen-bond donors (Lipinski definition) is 1. The fourth-order valence-electron chi connectivity index (χ4n) is 4.01. The molecule has 4 rings (SSSR count). The second-order valence-corrected chi connectivity index (χ2v) is 8.13. The van der Waals surface area contributed by atoms with Crippen LogP contribution in [-0.2, 0) is 16.1 Å². The number of halogens is 1. The molecule has 2 aliphatic rings. The summed E-state index contributed by atoms with van der Waals surface area (Å²) in [5.41, 5.74) is 5.32. The van der Waals surface area contributed by atoms with E-state index in [1.165, 1.54) is 17.9 Å². The van der Waals surface area contributed by atoms with Gasteiger partial charge in [0.1, 0.15) is 17.7 Å². The first-order valence-corrected chi connectivity index (χ1v) is 10.9. The van der Waals surface area contributed by atoms with Gasteiger partial charge in [0, 0.05) is 38.8 Å². The number of cyclic esters (lactones) is 1. The van der Waals surface area contributed by atoms with Crippen LogP contribution in [-0.4, -0.2) is 60.7 Å². The number of anilines is 2. The molecule has 1 N–H and O–H groups in total. The maximum Gasteiger partial charge on any atom is 0.414 e. The Morgan fingerprint density at radius 2 is 2.12 bits per heavy atom. The molecule has 8 nitrogen and oxygen atoms in total. The van der Waals surface area contributed by atoms with E-state index in [9.17, 15) is 9.59 Å². The normalized spacial score (nSPS) is 19.7. The quantitative estimate of drug-likeness (QED) is 0.708. The van der Waals surface area contributed by atoms with Crippen LogP contribution in [0.25, 0.3) is 0 Å². The van der Waals surface area contributed by atoms with Gasteiger partial charge in [0.15, 0.2) is 0 Å². The average molecular weight is 442 g/mol. The third-order valence-electron chi connectivity index (χ3n) is 5.71. The lowest BCUT2D eigenvalue weighted by atomic mass is 10.1. The molecule has 1 aromatic carbocycles. The van der Waals surface area contributed by atoms with Crippen LogP contribution >= 0.6 is 0 Å². The van der Waals surface area contributed by atoms with Gasteiger partial charge in [0.05, 0.1) is 30.2 Å². The van der Waals surface area contributed by atoms with E-state index < -0.39 is 6.09 Å². The van der Waals surface area contributed by atoms with E-state index in [0.29, 0.717) is 63.5 Å². The van der Waals surface area contributed by atoms with Crippen LogP contribution in [0.1, 0.15) is 25.5 Å². The van der Waals surface area contributed by atoms with E-state index in [2.05, 4.69) is 15.4 Å². The van der Waals surface area contributed by atoms with Crippen LogP contribution in [0.2, 0.25) is 0 Å². The fourth-order valence-corrected chi connectivity index (χ4v) is 4.01. The van der Waals surface area contributed by atoms with Crippen molar-refractivity contribution in [3.63, 3.8) is 0 Å². The molecule has 1 atom stereocenters. The first-order chi connectivity index (χ1) is 15.5. The molecule has 0 saturated carbocycles.